The van der Waals surface area contributed by atoms with Gasteiger partial charge in [-0.3, -0.25) is 4.79 Å². The number of thiophene rings is 1. The van der Waals surface area contributed by atoms with Crippen molar-refractivity contribution in [3.8, 4) is 0 Å². The van der Waals surface area contributed by atoms with E-state index in [1.807, 2.05) is 18.0 Å². The lowest BCUT2D eigenvalue weighted by Gasteiger charge is -2.32. The summed E-state index contributed by atoms with van der Waals surface area (Å²) in [5.41, 5.74) is 0. The predicted octanol–water partition coefficient (Wildman–Crippen LogP) is 3.28. The number of fused-ring (bicyclic) bond motifs is 1. The van der Waals surface area contributed by atoms with Gasteiger partial charge in [0.15, 0.2) is 5.13 Å². The van der Waals surface area contributed by atoms with Crippen LogP contribution in [0.3, 0.4) is 0 Å². The fraction of sp³-hybridized carbons (Fsp3) is 0.647. The molecule has 1 N–H and O–H groups in total. The van der Waals surface area contributed by atoms with Gasteiger partial charge in [-0.2, -0.15) is 0 Å². The number of amides is 1. The zero-order valence-corrected chi connectivity index (χ0v) is 16.3. The van der Waals surface area contributed by atoms with Crippen LogP contribution in [0.5, 0.6) is 0 Å². The minimum atomic E-state index is 0.176. The van der Waals surface area contributed by atoms with Crippen molar-refractivity contribution in [1.29, 1.82) is 0 Å². The van der Waals surface area contributed by atoms with Gasteiger partial charge >= 0.3 is 0 Å². The lowest BCUT2D eigenvalue weighted by Crippen LogP contribution is -2.42. The number of carbonyl (C=O) groups is 1. The monoisotopic (exact) mass is 366 g/mol. The van der Waals surface area contributed by atoms with Crippen LogP contribution in [-0.2, 0) is 0 Å². The molecule has 1 amide bonds. The summed E-state index contributed by atoms with van der Waals surface area (Å²) in [6, 6.07) is 2.04. The van der Waals surface area contributed by atoms with Crippen molar-refractivity contribution in [2.45, 2.75) is 26.7 Å². The number of piperidine rings is 1. The average molecular weight is 367 g/mol. The Labute approximate surface area is 151 Å². The number of anilines is 1. The first kappa shape index (κ1) is 17.6. The number of nitrogens with one attached hydrogen (secondary N) is 1. The molecule has 0 aliphatic carbocycles. The summed E-state index contributed by atoms with van der Waals surface area (Å²) < 4.78 is 1.13. The van der Waals surface area contributed by atoms with Crippen LogP contribution >= 0.6 is 22.7 Å². The van der Waals surface area contributed by atoms with Gasteiger partial charge in [0.25, 0.3) is 5.91 Å². The Hall–Kier alpha value is -1.18. The van der Waals surface area contributed by atoms with Crippen LogP contribution in [0.25, 0.3) is 9.53 Å². The third-order valence-electron chi connectivity index (χ3n) is 4.62. The number of thiazole rings is 1. The molecule has 1 fully saturated rings. The molecule has 132 valence electrons. The molecule has 0 spiro atoms. The molecule has 2 aromatic heterocycles. The van der Waals surface area contributed by atoms with Crippen molar-refractivity contribution in [3.05, 3.63) is 10.9 Å². The highest BCUT2D eigenvalue weighted by Gasteiger charge is 2.26. The fourth-order valence-electron chi connectivity index (χ4n) is 3.32. The second-order valence-corrected chi connectivity index (χ2v) is 8.31. The van der Waals surface area contributed by atoms with Gasteiger partial charge in [-0.15, -0.1) is 11.3 Å². The molecule has 0 aromatic carbocycles. The Morgan fingerprint density at radius 3 is 2.88 bits per heavy atom. The van der Waals surface area contributed by atoms with Gasteiger partial charge in [0.1, 0.15) is 4.83 Å². The number of likely N-dealkylation sites (tertiary alicyclic amines) is 1. The smallest absolute Gasteiger partial charge is 0.264 e. The molecule has 2 aromatic rings. The van der Waals surface area contributed by atoms with Crippen molar-refractivity contribution >= 4 is 43.2 Å². The van der Waals surface area contributed by atoms with Gasteiger partial charge < -0.3 is 15.1 Å². The van der Waals surface area contributed by atoms with E-state index < -0.39 is 0 Å². The van der Waals surface area contributed by atoms with Crippen molar-refractivity contribution in [2.24, 2.45) is 5.92 Å². The zero-order valence-electron chi connectivity index (χ0n) is 14.7. The van der Waals surface area contributed by atoms with Crippen LogP contribution in [0.4, 0.5) is 5.13 Å². The molecule has 7 heteroatoms. The number of hydrogen-bond donors (Lipinski definition) is 1. The quantitative estimate of drug-likeness (QED) is 0.852. The molecule has 1 saturated heterocycles. The Morgan fingerprint density at radius 2 is 2.21 bits per heavy atom. The lowest BCUT2D eigenvalue weighted by atomic mass is 9.98. The predicted molar refractivity (Wildman–Crippen MR) is 104 cm³/mol. The summed E-state index contributed by atoms with van der Waals surface area (Å²) in [6.07, 6.45) is 2.31. The summed E-state index contributed by atoms with van der Waals surface area (Å²) in [6.45, 7) is 8.94. The van der Waals surface area contributed by atoms with Crippen molar-refractivity contribution in [2.75, 3.05) is 44.7 Å². The molecule has 24 heavy (non-hydrogen) atoms. The van der Waals surface area contributed by atoms with E-state index >= 15 is 0 Å². The molecule has 3 rings (SSSR count). The van der Waals surface area contributed by atoms with E-state index in [1.54, 1.807) is 11.3 Å². The second-order valence-electron chi connectivity index (χ2n) is 6.27. The molecular weight excluding hydrogens is 340 g/mol. The molecule has 5 nitrogen and oxygen atoms in total. The molecule has 3 heterocycles. The average Bonchev–Trinajstić information content (AvgIpc) is 3.15. The Balaban J connectivity index is 1.74. The number of carbonyl (C=O) groups excluding carboxylic acids is 1. The maximum absolute atomic E-state index is 12.8. The third-order valence-corrected chi connectivity index (χ3v) is 6.83. The summed E-state index contributed by atoms with van der Waals surface area (Å²) >= 11 is 3.23. The second kappa shape index (κ2) is 7.80. The SMILES string of the molecule is CCN(CC)c1nc2sc(C(=O)N3CCCC(CNC)C3)cc2s1. The van der Waals surface area contributed by atoms with E-state index in [1.165, 1.54) is 17.8 Å². The van der Waals surface area contributed by atoms with Crippen LogP contribution in [0.15, 0.2) is 6.07 Å². The van der Waals surface area contributed by atoms with Crippen LogP contribution < -0.4 is 10.2 Å². The zero-order chi connectivity index (χ0) is 17.1. The van der Waals surface area contributed by atoms with E-state index in [9.17, 15) is 4.79 Å². The van der Waals surface area contributed by atoms with E-state index in [0.717, 1.165) is 58.7 Å². The van der Waals surface area contributed by atoms with E-state index in [0.29, 0.717) is 5.92 Å². The van der Waals surface area contributed by atoms with Crippen LogP contribution in [0, 0.1) is 5.92 Å². The first-order valence-electron chi connectivity index (χ1n) is 8.75. The highest BCUT2D eigenvalue weighted by Crippen LogP contribution is 2.35. The molecule has 1 aliphatic rings. The molecule has 0 bridgehead atoms. The number of rotatable bonds is 6. The maximum atomic E-state index is 12.8. The van der Waals surface area contributed by atoms with Crippen LogP contribution in [0.2, 0.25) is 0 Å². The van der Waals surface area contributed by atoms with Crippen molar-refractivity contribution < 1.29 is 4.79 Å². The topological polar surface area (TPSA) is 48.5 Å². The van der Waals surface area contributed by atoms with Crippen LogP contribution in [0.1, 0.15) is 36.4 Å². The number of aromatic nitrogens is 1. The minimum absolute atomic E-state index is 0.176. The van der Waals surface area contributed by atoms with Gasteiger partial charge in [-0.05, 0) is 52.3 Å². The minimum Gasteiger partial charge on any atom is -0.349 e. The first-order valence-corrected chi connectivity index (χ1v) is 10.4. The van der Waals surface area contributed by atoms with Crippen LogP contribution in [-0.4, -0.2) is 55.6 Å². The van der Waals surface area contributed by atoms with Gasteiger partial charge in [-0.1, -0.05) is 11.3 Å². The fourth-order valence-corrected chi connectivity index (χ4v) is 5.63. The van der Waals surface area contributed by atoms with E-state index in [-0.39, 0.29) is 5.91 Å². The molecule has 1 atom stereocenters. The number of hydrogen-bond acceptors (Lipinski definition) is 6. The normalized spacial score (nSPS) is 18.3. The molecule has 0 saturated carbocycles. The molecular formula is C17H26N4OS2. The third kappa shape index (κ3) is 3.58. The Kier molecular flexibility index (Phi) is 5.73. The summed E-state index contributed by atoms with van der Waals surface area (Å²) in [5.74, 6) is 0.747. The van der Waals surface area contributed by atoms with Gasteiger partial charge in [-0.25, -0.2) is 4.98 Å². The number of nitrogens with zero attached hydrogens (tertiary/aromatic N) is 3. The summed E-state index contributed by atoms with van der Waals surface area (Å²) in [5, 5.41) is 4.30. The Morgan fingerprint density at radius 1 is 1.42 bits per heavy atom. The first-order chi connectivity index (χ1) is 11.7. The molecule has 0 radical (unpaired) electrons. The molecule has 1 aliphatic heterocycles. The highest BCUT2D eigenvalue weighted by molar-refractivity contribution is 7.29. The largest absolute Gasteiger partial charge is 0.349 e. The van der Waals surface area contributed by atoms with E-state index in [2.05, 4.69) is 24.1 Å². The Bertz CT molecular complexity index is 658. The van der Waals surface area contributed by atoms with E-state index in [4.69, 9.17) is 4.98 Å². The van der Waals surface area contributed by atoms with Gasteiger partial charge in [0.05, 0.1) is 9.58 Å². The van der Waals surface area contributed by atoms with Crippen molar-refractivity contribution in [1.82, 2.24) is 15.2 Å². The standard InChI is InChI=1S/C17H26N4OS2/c1-4-20(5-2)17-19-15-13(24-17)9-14(23-15)16(22)21-8-6-7-12(11-21)10-18-3/h9,12,18H,4-8,10-11H2,1-3H3. The lowest BCUT2D eigenvalue weighted by molar-refractivity contribution is 0.0679. The summed E-state index contributed by atoms with van der Waals surface area (Å²) in [7, 11) is 1.98. The highest BCUT2D eigenvalue weighted by atomic mass is 32.1. The maximum Gasteiger partial charge on any atom is 0.264 e. The van der Waals surface area contributed by atoms with Gasteiger partial charge in [0.2, 0.25) is 0 Å². The van der Waals surface area contributed by atoms with Crippen molar-refractivity contribution in [3.63, 3.8) is 0 Å². The van der Waals surface area contributed by atoms with Gasteiger partial charge in [0, 0.05) is 26.2 Å². The molecule has 1 unspecified atom stereocenters. The summed E-state index contributed by atoms with van der Waals surface area (Å²) in [4.78, 5) is 23.7.